The van der Waals surface area contributed by atoms with Gasteiger partial charge in [0.2, 0.25) is 0 Å². The number of carboxylic acid groups (broad SMARTS) is 1. The van der Waals surface area contributed by atoms with Crippen LogP contribution < -0.4 is 6.15 Å². The molecule has 0 saturated carbocycles. The van der Waals surface area contributed by atoms with Crippen molar-refractivity contribution in [3.05, 3.63) is 22.4 Å². The van der Waals surface area contributed by atoms with Crippen LogP contribution in [0.4, 0.5) is 0 Å². The van der Waals surface area contributed by atoms with Crippen LogP contribution >= 0.6 is 11.3 Å². The van der Waals surface area contributed by atoms with E-state index >= 15 is 0 Å². The maximum absolute atomic E-state index is 10.1. The third kappa shape index (κ3) is 1.83. The highest BCUT2D eigenvalue weighted by molar-refractivity contribution is 7.11. The summed E-state index contributed by atoms with van der Waals surface area (Å²) < 4.78 is 0. The molecule has 3 nitrogen and oxygen atoms in total. The lowest BCUT2D eigenvalue weighted by Gasteiger charge is -1.78. The van der Waals surface area contributed by atoms with Crippen molar-refractivity contribution in [2.75, 3.05) is 0 Å². The zero-order valence-electron chi connectivity index (χ0n) is 4.70. The van der Waals surface area contributed by atoms with Gasteiger partial charge in [0.05, 0.1) is 0 Å². The minimum atomic E-state index is -0.847. The first-order chi connectivity index (χ1) is 3.80. The highest BCUT2D eigenvalue weighted by atomic mass is 32.1. The first-order valence-electron chi connectivity index (χ1n) is 2.07. The van der Waals surface area contributed by atoms with E-state index in [-0.39, 0.29) is 6.15 Å². The predicted octanol–water partition coefficient (Wildman–Crippen LogP) is 1.61. The van der Waals surface area contributed by atoms with Crippen molar-refractivity contribution in [1.82, 2.24) is 6.15 Å². The Morgan fingerprint density at radius 3 is 2.56 bits per heavy atom. The van der Waals surface area contributed by atoms with Crippen molar-refractivity contribution in [2.45, 2.75) is 0 Å². The van der Waals surface area contributed by atoms with Crippen molar-refractivity contribution in [3.63, 3.8) is 0 Å². The molecule has 4 N–H and O–H groups in total. The molecule has 0 atom stereocenters. The van der Waals surface area contributed by atoms with Gasteiger partial charge in [0, 0.05) is 0 Å². The van der Waals surface area contributed by atoms with Gasteiger partial charge in [0.25, 0.3) is 0 Å². The van der Waals surface area contributed by atoms with Crippen LogP contribution in [0.5, 0.6) is 0 Å². The lowest BCUT2D eigenvalue weighted by molar-refractivity contribution is 0.0702. The van der Waals surface area contributed by atoms with Crippen LogP contribution in [0.15, 0.2) is 17.5 Å². The van der Waals surface area contributed by atoms with Gasteiger partial charge in [-0.1, -0.05) is 6.07 Å². The van der Waals surface area contributed by atoms with Gasteiger partial charge >= 0.3 is 5.97 Å². The van der Waals surface area contributed by atoms with Crippen molar-refractivity contribution < 1.29 is 9.90 Å². The van der Waals surface area contributed by atoms with Crippen molar-refractivity contribution in [3.8, 4) is 0 Å². The molecule has 0 aliphatic heterocycles. The SMILES string of the molecule is N.O=C(O)c1cccs1. The van der Waals surface area contributed by atoms with E-state index in [4.69, 9.17) is 5.11 Å². The van der Waals surface area contributed by atoms with E-state index in [0.29, 0.717) is 4.88 Å². The first-order valence-corrected chi connectivity index (χ1v) is 2.95. The number of hydrogen-bond donors (Lipinski definition) is 2. The summed E-state index contributed by atoms with van der Waals surface area (Å²) in [7, 11) is 0. The molecule has 9 heavy (non-hydrogen) atoms. The van der Waals surface area contributed by atoms with Crippen LogP contribution in [0.25, 0.3) is 0 Å². The molecule has 1 rings (SSSR count). The second-order valence-electron chi connectivity index (χ2n) is 1.28. The standard InChI is InChI=1S/C5H4O2S.H3N/c6-5(7)4-2-1-3-8-4;/h1-3H,(H,6,7);1H3. The molecule has 0 bridgehead atoms. The predicted molar refractivity (Wildman–Crippen MR) is 36.3 cm³/mol. The summed E-state index contributed by atoms with van der Waals surface area (Å²) in [6.45, 7) is 0. The zero-order chi connectivity index (χ0) is 5.98. The second kappa shape index (κ2) is 3.21. The van der Waals surface area contributed by atoms with Crippen molar-refractivity contribution in [1.29, 1.82) is 0 Å². The van der Waals surface area contributed by atoms with Gasteiger partial charge in [-0.2, -0.15) is 0 Å². The smallest absolute Gasteiger partial charge is 0.345 e. The first kappa shape index (κ1) is 8.13. The van der Waals surface area contributed by atoms with E-state index in [1.165, 1.54) is 11.3 Å². The Balaban J connectivity index is 0.000000640. The average Bonchev–Trinajstić information content (AvgIpc) is 2.12. The van der Waals surface area contributed by atoms with Crippen LogP contribution in [-0.2, 0) is 0 Å². The highest BCUT2D eigenvalue weighted by Gasteiger charge is 1.99. The molecular formula is C5H7NO2S. The fraction of sp³-hybridized carbons (Fsp3) is 0. The van der Waals surface area contributed by atoms with Gasteiger partial charge < -0.3 is 11.3 Å². The number of carbonyl (C=O) groups is 1. The molecule has 0 fully saturated rings. The van der Waals surface area contributed by atoms with E-state index in [1.54, 1.807) is 17.5 Å². The number of rotatable bonds is 1. The minimum Gasteiger partial charge on any atom is -0.477 e. The van der Waals surface area contributed by atoms with Gasteiger partial charge in [-0.15, -0.1) is 11.3 Å². The largest absolute Gasteiger partial charge is 0.477 e. The molecule has 1 aromatic rings. The third-order valence-electron chi connectivity index (χ3n) is 0.732. The Kier molecular flexibility index (Phi) is 2.90. The fourth-order valence-electron chi connectivity index (χ4n) is 0.400. The molecule has 4 heteroatoms. The average molecular weight is 145 g/mol. The third-order valence-corrected chi connectivity index (χ3v) is 1.59. The van der Waals surface area contributed by atoms with Crippen LogP contribution in [0, 0.1) is 0 Å². The van der Waals surface area contributed by atoms with Crippen molar-refractivity contribution in [2.24, 2.45) is 0 Å². The number of thiophene rings is 1. The van der Waals surface area contributed by atoms with Crippen LogP contribution in [-0.4, -0.2) is 11.1 Å². The Hall–Kier alpha value is -0.870. The second-order valence-corrected chi connectivity index (χ2v) is 2.23. The molecule has 0 radical (unpaired) electrons. The molecule has 0 aromatic carbocycles. The maximum atomic E-state index is 10.1. The van der Waals surface area contributed by atoms with Crippen LogP contribution in [0.1, 0.15) is 9.67 Å². The topological polar surface area (TPSA) is 72.3 Å². The lowest BCUT2D eigenvalue weighted by atomic mass is 10.5. The van der Waals surface area contributed by atoms with Gasteiger partial charge in [-0.3, -0.25) is 0 Å². The maximum Gasteiger partial charge on any atom is 0.345 e. The molecule has 1 aromatic heterocycles. The molecular weight excluding hydrogens is 138 g/mol. The Labute approximate surface area is 56.5 Å². The molecule has 0 aliphatic carbocycles. The number of hydrogen-bond acceptors (Lipinski definition) is 3. The molecule has 0 amide bonds. The lowest BCUT2D eigenvalue weighted by Crippen LogP contribution is -1.89. The van der Waals surface area contributed by atoms with Gasteiger partial charge in [0.1, 0.15) is 4.88 Å². The van der Waals surface area contributed by atoms with E-state index in [0.717, 1.165) is 0 Å². The minimum absolute atomic E-state index is 0. The molecule has 50 valence electrons. The van der Waals surface area contributed by atoms with Gasteiger partial charge in [0.15, 0.2) is 0 Å². The molecule has 0 spiro atoms. The van der Waals surface area contributed by atoms with Crippen molar-refractivity contribution >= 4 is 17.3 Å². The van der Waals surface area contributed by atoms with Gasteiger partial charge in [-0.25, -0.2) is 4.79 Å². The molecule has 0 aliphatic rings. The number of aromatic carboxylic acids is 1. The molecule has 1 heterocycles. The van der Waals surface area contributed by atoms with Gasteiger partial charge in [-0.05, 0) is 11.4 Å². The Bertz CT molecular complexity index is 183. The fourth-order valence-corrected chi connectivity index (χ4v) is 0.962. The van der Waals surface area contributed by atoms with E-state index in [9.17, 15) is 4.79 Å². The van der Waals surface area contributed by atoms with Crippen LogP contribution in [0.3, 0.4) is 0 Å². The summed E-state index contributed by atoms with van der Waals surface area (Å²) in [5, 5.41) is 10.0. The van der Waals surface area contributed by atoms with E-state index in [1.807, 2.05) is 0 Å². The summed E-state index contributed by atoms with van der Waals surface area (Å²) in [6, 6.07) is 3.29. The summed E-state index contributed by atoms with van der Waals surface area (Å²) in [4.78, 5) is 10.5. The summed E-state index contributed by atoms with van der Waals surface area (Å²) in [5.74, 6) is -0.847. The monoisotopic (exact) mass is 145 g/mol. The summed E-state index contributed by atoms with van der Waals surface area (Å²) >= 11 is 1.23. The van der Waals surface area contributed by atoms with Crippen LogP contribution in [0.2, 0.25) is 0 Å². The Morgan fingerprint density at radius 1 is 1.67 bits per heavy atom. The molecule has 0 unspecified atom stereocenters. The van der Waals surface area contributed by atoms with E-state index in [2.05, 4.69) is 0 Å². The highest BCUT2D eigenvalue weighted by Crippen LogP contribution is 2.06. The molecule has 0 saturated heterocycles. The quantitative estimate of drug-likeness (QED) is 0.630. The summed E-state index contributed by atoms with van der Waals surface area (Å²) in [5.41, 5.74) is 0. The Morgan fingerprint density at radius 2 is 2.33 bits per heavy atom. The normalized spacial score (nSPS) is 8.00. The summed E-state index contributed by atoms with van der Waals surface area (Å²) in [6.07, 6.45) is 0. The van der Waals surface area contributed by atoms with E-state index < -0.39 is 5.97 Å². The zero-order valence-corrected chi connectivity index (χ0v) is 5.52. The number of carboxylic acids is 1.